The van der Waals surface area contributed by atoms with E-state index in [1.165, 1.54) is 0 Å². The summed E-state index contributed by atoms with van der Waals surface area (Å²) in [7, 11) is 3.84. The van der Waals surface area contributed by atoms with Crippen molar-refractivity contribution in [1.82, 2.24) is 26.2 Å². The molecule has 0 unspecified atom stereocenters. The molecule has 0 spiro atoms. The molecule has 1 aliphatic rings. The summed E-state index contributed by atoms with van der Waals surface area (Å²) < 4.78 is 5.99. The summed E-state index contributed by atoms with van der Waals surface area (Å²) >= 11 is 0. The Labute approximate surface area is 228 Å². The van der Waals surface area contributed by atoms with Gasteiger partial charge in [0.15, 0.2) is 0 Å². The summed E-state index contributed by atoms with van der Waals surface area (Å²) in [4.78, 5) is 54.0. The van der Waals surface area contributed by atoms with E-state index in [1.54, 1.807) is 24.3 Å². The molecule has 11 heteroatoms. The molecule has 2 aromatic carbocycles. The minimum absolute atomic E-state index is 0.0206. The molecule has 5 N–H and O–H groups in total. The standard InChI is InChI=1S/C28H37N5O6/c1-33(2)14-8-13-29-27(37)22-16-25(35)31-23(17-34)28(38)30-20(15-19-9-4-3-5-10-19)18-39-24-12-7-6-11-21(24)26(36)32-22/h3-7,9-12,20,22-23,34H,8,13-18H2,1-2H3,(H,29,37)(H,30,38)(H,31,35)(H,32,36)/t20-,22+,23+/m1/s1. The third-order valence-electron chi connectivity index (χ3n) is 6.17. The third kappa shape index (κ3) is 9.38. The van der Waals surface area contributed by atoms with Gasteiger partial charge in [-0.25, -0.2) is 0 Å². The monoisotopic (exact) mass is 539 g/mol. The number of benzene rings is 2. The lowest BCUT2D eigenvalue weighted by Crippen LogP contribution is -2.55. The van der Waals surface area contributed by atoms with Crippen LogP contribution in [0.25, 0.3) is 0 Å². The molecule has 0 saturated heterocycles. The van der Waals surface area contributed by atoms with E-state index in [4.69, 9.17) is 4.74 Å². The van der Waals surface area contributed by atoms with Crippen LogP contribution in [0, 0.1) is 0 Å². The van der Waals surface area contributed by atoms with Gasteiger partial charge in [-0.05, 0) is 51.2 Å². The fraction of sp³-hybridized carbons (Fsp3) is 0.429. The Kier molecular flexibility index (Phi) is 11.3. The highest BCUT2D eigenvalue weighted by atomic mass is 16.5. The molecule has 2 aromatic rings. The van der Waals surface area contributed by atoms with Gasteiger partial charge in [-0.3, -0.25) is 19.2 Å². The van der Waals surface area contributed by atoms with Gasteiger partial charge in [0, 0.05) is 6.54 Å². The number of carbonyl (C=O) groups is 4. The maximum Gasteiger partial charge on any atom is 0.255 e. The van der Waals surface area contributed by atoms with Gasteiger partial charge in [-0.2, -0.15) is 0 Å². The van der Waals surface area contributed by atoms with Gasteiger partial charge >= 0.3 is 0 Å². The zero-order valence-electron chi connectivity index (χ0n) is 22.3. The van der Waals surface area contributed by atoms with Gasteiger partial charge in [0.2, 0.25) is 17.7 Å². The zero-order valence-corrected chi connectivity index (χ0v) is 22.3. The van der Waals surface area contributed by atoms with Crippen molar-refractivity contribution in [2.45, 2.75) is 37.4 Å². The van der Waals surface area contributed by atoms with Crippen LogP contribution in [0.5, 0.6) is 5.75 Å². The van der Waals surface area contributed by atoms with Crippen LogP contribution in [0.1, 0.15) is 28.8 Å². The number of aliphatic hydroxyl groups is 1. The summed E-state index contributed by atoms with van der Waals surface area (Å²) in [6.07, 6.45) is 0.674. The van der Waals surface area contributed by atoms with E-state index in [2.05, 4.69) is 21.3 Å². The number of hydrogen-bond acceptors (Lipinski definition) is 7. The largest absolute Gasteiger partial charge is 0.491 e. The maximum atomic E-state index is 13.2. The van der Waals surface area contributed by atoms with Crippen LogP contribution in [0.4, 0.5) is 0 Å². The molecule has 0 radical (unpaired) electrons. The molecular formula is C28H37N5O6. The summed E-state index contributed by atoms with van der Waals surface area (Å²) in [5.41, 5.74) is 1.14. The molecule has 0 aliphatic carbocycles. The second kappa shape index (κ2) is 14.8. The smallest absolute Gasteiger partial charge is 0.255 e. The van der Waals surface area contributed by atoms with E-state index in [0.717, 1.165) is 12.1 Å². The number of nitrogens with zero attached hydrogens (tertiary/aromatic N) is 1. The van der Waals surface area contributed by atoms with Gasteiger partial charge in [-0.1, -0.05) is 42.5 Å². The van der Waals surface area contributed by atoms with Gasteiger partial charge in [0.05, 0.1) is 24.6 Å². The van der Waals surface area contributed by atoms with Crippen molar-refractivity contribution < 1.29 is 29.0 Å². The lowest BCUT2D eigenvalue weighted by molar-refractivity contribution is -0.132. The van der Waals surface area contributed by atoms with Crippen LogP contribution >= 0.6 is 0 Å². The highest BCUT2D eigenvalue weighted by molar-refractivity contribution is 6.01. The Bertz CT molecular complexity index is 1130. The van der Waals surface area contributed by atoms with Gasteiger partial charge in [0.25, 0.3) is 5.91 Å². The van der Waals surface area contributed by atoms with Crippen molar-refractivity contribution in [2.75, 3.05) is 40.4 Å². The Morgan fingerprint density at radius 3 is 2.46 bits per heavy atom. The average molecular weight is 540 g/mol. The molecular weight excluding hydrogens is 502 g/mol. The zero-order chi connectivity index (χ0) is 28.2. The third-order valence-corrected chi connectivity index (χ3v) is 6.17. The molecule has 1 aliphatic heterocycles. The summed E-state index contributed by atoms with van der Waals surface area (Å²) in [6, 6.07) is 13.1. The first-order valence-electron chi connectivity index (χ1n) is 13.0. The van der Waals surface area contributed by atoms with E-state index in [1.807, 2.05) is 49.3 Å². The average Bonchev–Trinajstić information content (AvgIpc) is 2.92. The second-order valence-electron chi connectivity index (χ2n) is 9.68. The van der Waals surface area contributed by atoms with Crippen LogP contribution in [0.15, 0.2) is 54.6 Å². The van der Waals surface area contributed by atoms with Crippen LogP contribution in [-0.2, 0) is 20.8 Å². The second-order valence-corrected chi connectivity index (χ2v) is 9.68. The predicted octanol–water partition coefficient (Wildman–Crippen LogP) is -0.160. The predicted molar refractivity (Wildman–Crippen MR) is 145 cm³/mol. The van der Waals surface area contributed by atoms with Gasteiger partial charge in [-0.15, -0.1) is 0 Å². The number of hydrogen-bond donors (Lipinski definition) is 5. The first kappa shape index (κ1) is 29.6. The number of nitrogens with one attached hydrogen (secondary N) is 4. The van der Waals surface area contributed by atoms with E-state index in [-0.39, 0.29) is 17.9 Å². The van der Waals surface area contributed by atoms with Crippen LogP contribution in [0.3, 0.4) is 0 Å². The summed E-state index contributed by atoms with van der Waals surface area (Å²) in [6.45, 7) is 0.482. The molecule has 3 atom stereocenters. The van der Waals surface area contributed by atoms with Crippen molar-refractivity contribution in [3.8, 4) is 5.75 Å². The molecule has 0 saturated carbocycles. The van der Waals surface area contributed by atoms with Crippen LogP contribution < -0.4 is 26.0 Å². The minimum atomic E-state index is -1.24. The molecule has 0 aromatic heterocycles. The van der Waals surface area contributed by atoms with Crippen molar-refractivity contribution >= 4 is 23.6 Å². The molecule has 3 rings (SSSR count). The van der Waals surface area contributed by atoms with Crippen molar-refractivity contribution in [2.24, 2.45) is 0 Å². The Morgan fingerprint density at radius 2 is 1.74 bits per heavy atom. The van der Waals surface area contributed by atoms with Gasteiger partial charge in [0.1, 0.15) is 24.4 Å². The van der Waals surface area contributed by atoms with E-state index in [9.17, 15) is 24.3 Å². The lowest BCUT2D eigenvalue weighted by Gasteiger charge is -2.25. The molecule has 210 valence electrons. The minimum Gasteiger partial charge on any atom is -0.491 e. The van der Waals surface area contributed by atoms with Crippen molar-refractivity contribution in [3.63, 3.8) is 0 Å². The molecule has 11 nitrogen and oxygen atoms in total. The molecule has 39 heavy (non-hydrogen) atoms. The fourth-order valence-corrected chi connectivity index (χ4v) is 4.13. The number of aliphatic hydroxyl groups excluding tert-OH is 1. The fourth-order valence-electron chi connectivity index (χ4n) is 4.13. The van der Waals surface area contributed by atoms with E-state index in [0.29, 0.717) is 19.4 Å². The normalized spacial score (nSPS) is 20.5. The number of ether oxygens (including phenoxy) is 1. The quantitative estimate of drug-likeness (QED) is 0.293. The topological polar surface area (TPSA) is 149 Å². The summed E-state index contributed by atoms with van der Waals surface area (Å²) in [5, 5.41) is 20.5. The number of amides is 4. The van der Waals surface area contributed by atoms with Crippen LogP contribution in [-0.4, -0.2) is 92.2 Å². The Balaban J connectivity index is 1.85. The van der Waals surface area contributed by atoms with Crippen LogP contribution in [0.2, 0.25) is 0 Å². The Hall–Kier alpha value is -3.96. The lowest BCUT2D eigenvalue weighted by atomic mass is 10.1. The molecule has 0 bridgehead atoms. The molecule has 0 fully saturated rings. The van der Waals surface area contributed by atoms with Gasteiger partial charge < -0.3 is 36.0 Å². The first-order valence-corrected chi connectivity index (χ1v) is 13.0. The molecule has 1 heterocycles. The first-order chi connectivity index (χ1) is 18.8. The Morgan fingerprint density at radius 1 is 1.03 bits per heavy atom. The number of fused-ring (bicyclic) bond motifs is 1. The van der Waals surface area contributed by atoms with E-state index >= 15 is 0 Å². The highest BCUT2D eigenvalue weighted by Gasteiger charge is 2.29. The number of rotatable bonds is 8. The number of para-hydroxylation sites is 1. The number of carbonyl (C=O) groups excluding carboxylic acids is 4. The van der Waals surface area contributed by atoms with Crippen molar-refractivity contribution in [3.05, 3.63) is 65.7 Å². The molecule has 4 amide bonds. The maximum absolute atomic E-state index is 13.2. The van der Waals surface area contributed by atoms with E-state index < -0.39 is 54.8 Å². The SMILES string of the molecule is CN(C)CCCNC(=O)[C@@H]1CC(=O)N[C@@H](CO)C(=O)N[C@H](Cc2ccccc2)COc2ccccc2C(=O)N1. The highest BCUT2D eigenvalue weighted by Crippen LogP contribution is 2.19. The van der Waals surface area contributed by atoms with Crippen molar-refractivity contribution in [1.29, 1.82) is 0 Å². The summed E-state index contributed by atoms with van der Waals surface area (Å²) in [5.74, 6) is -2.09.